The Hall–Kier alpha value is -0.440. The lowest BCUT2D eigenvalue weighted by molar-refractivity contribution is 1.38. The molecule has 3 heteroatoms. The summed E-state index contributed by atoms with van der Waals surface area (Å²) in [5, 5.41) is 0.795. The molecule has 0 heterocycles. The molecule has 0 spiro atoms. The summed E-state index contributed by atoms with van der Waals surface area (Å²) in [6.07, 6.45) is 0. The first-order valence-corrected chi connectivity index (χ1v) is 7.56. The lowest BCUT2D eigenvalue weighted by atomic mass is 10.1. The third-order valence-electron chi connectivity index (χ3n) is 2.42. The van der Waals surface area contributed by atoms with Crippen molar-refractivity contribution in [2.45, 2.75) is 11.8 Å². The van der Waals surface area contributed by atoms with Gasteiger partial charge in [-0.2, -0.15) is 0 Å². The molecule has 0 nitrogen and oxygen atoms in total. The van der Waals surface area contributed by atoms with E-state index in [1.807, 2.05) is 36.0 Å². The molecule has 2 rings (SSSR count). The largest absolute Gasteiger partial charge is 0.125 e. The summed E-state index contributed by atoms with van der Waals surface area (Å²) in [4.78, 5) is 1.25. The maximum absolute atomic E-state index is 6.26. The first-order chi connectivity index (χ1) is 8.24. The number of hydrogen-bond donors (Lipinski definition) is 0. The quantitative estimate of drug-likeness (QED) is 0.634. The summed E-state index contributed by atoms with van der Waals surface area (Å²) >= 11 is 11.7. The van der Waals surface area contributed by atoms with E-state index in [0.717, 1.165) is 20.8 Å². The molecule has 0 unspecified atom stereocenters. The van der Waals surface area contributed by atoms with E-state index in [4.69, 9.17) is 11.6 Å². The SMILES string of the molecule is CCSc1c(Br)cccc1-c1ccccc1Cl. The number of rotatable bonds is 3. The Morgan fingerprint density at radius 2 is 1.76 bits per heavy atom. The van der Waals surface area contributed by atoms with Gasteiger partial charge in [0.05, 0.1) is 0 Å². The minimum absolute atomic E-state index is 0.795. The van der Waals surface area contributed by atoms with E-state index in [9.17, 15) is 0 Å². The number of benzene rings is 2. The Morgan fingerprint density at radius 3 is 2.47 bits per heavy atom. The zero-order valence-corrected chi connectivity index (χ0v) is 12.6. The van der Waals surface area contributed by atoms with Crippen LogP contribution in [0.2, 0.25) is 5.02 Å². The van der Waals surface area contributed by atoms with Gasteiger partial charge in [-0.3, -0.25) is 0 Å². The van der Waals surface area contributed by atoms with E-state index in [0.29, 0.717) is 0 Å². The van der Waals surface area contributed by atoms with Crippen molar-refractivity contribution in [3.8, 4) is 11.1 Å². The van der Waals surface area contributed by atoms with Crippen LogP contribution in [0.3, 0.4) is 0 Å². The van der Waals surface area contributed by atoms with Crippen LogP contribution in [-0.4, -0.2) is 5.75 Å². The molecule has 2 aromatic carbocycles. The predicted octanol–water partition coefficient (Wildman–Crippen LogP) is 5.88. The topological polar surface area (TPSA) is 0 Å². The Kier molecular flexibility index (Phi) is 4.55. The van der Waals surface area contributed by atoms with Gasteiger partial charge in [-0.15, -0.1) is 11.8 Å². The number of thioether (sulfide) groups is 1. The third kappa shape index (κ3) is 2.87. The maximum Gasteiger partial charge on any atom is 0.0484 e. The second-order valence-corrected chi connectivity index (χ2v) is 6.07. The molecule has 88 valence electrons. The van der Waals surface area contributed by atoms with Gasteiger partial charge in [0.2, 0.25) is 0 Å². The molecule has 0 aliphatic carbocycles. The van der Waals surface area contributed by atoms with E-state index < -0.39 is 0 Å². The average Bonchev–Trinajstić information content (AvgIpc) is 2.33. The highest BCUT2D eigenvalue weighted by atomic mass is 79.9. The van der Waals surface area contributed by atoms with Crippen molar-refractivity contribution in [3.05, 3.63) is 52.0 Å². The van der Waals surface area contributed by atoms with Gasteiger partial charge >= 0.3 is 0 Å². The molecule has 0 aromatic heterocycles. The van der Waals surface area contributed by atoms with Crippen molar-refractivity contribution in [2.24, 2.45) is 0 Å². The van der Waals surface area contributed by atoms with Crippen LogP contribution < -0.4 is 0 Å². The summed E-state index contributed by atoms with van der Waals surface area (Å²) in [6.45, 7) is 2.15. The van der Waals surface area contributed by atoms with E-state index in [1.165, 1.54) is 10.5 Å². The van der Waals surface area contributed by atoms with Crippen LogP contribution in [0.1, 0.15) is 6.92 Å². The molecular formula is C14H12BrClS. The van der Waals surface area contributed by atoms with Crippen LogP contribution in [0.15, 0.2) is 51.8 Å². The molecule has 0 atom stereocenters. The van der Waals surface area contributed by atoms with Gasteiger partial charge in [0, 0.05) is 20.0 Å². The summed E-state index contributed by atoms with van der Waals surface area (Å²) in [5.41, 5.74) is 2.28. The molecule has 0 aliphatic heterocycles. The minimum atomic E-state index is 0.795. The van der Waals surface area contributed by atoms with Gasteiger partial charge in [-0.05, 0) is 39.4 Å². The average molecular weight is 328 g/mol. The Labute approximate surface area is 120 Å². The van der Waals surface area contributed by atoms with Crippen LogP contribution >= 0.6 is 39.3 Å². The van der Waals surface area contributed by atoms with Gasteiger partial charge in [0.15, 0.2) is 0 Å². The summed E-state index contributed by atoms with van der Waals surface area (Å²) in [5.74, 6) is 1.04. The minimum Gasteiger partial charge on any atom is -0.125 e. The fraction of sp³-hybridized carbons (Fsp3) is 0.143. The van der Waals surface area contributed by atoms with Crippen LogP contribution in [0.25, 0.3) is 11.1 Å². The van der Waals surface area contributed by atoms with E-state index >= 15 is 0 Å². The molecule has 0 aliphatic rings. The maximum atomic E-state index is 6.26. The molecule has 17 heavy (non-hydrogen) atoms. The first-order valence-electron chi connectivity index (χ1n) is 5.40. The zero-order chi connectivity index (χ0) is 12.3. The number of halogens is 2. The smallest absolute Gasteiger partial charge is 0.0484 e. The molecule has 0 fully saturated rings. The Morgan fingerprint density at radius 1 is 1.06 bits per heavy atom. The van der Waals surface area contributed by atoms with E-state index in [2.05, 4.69) is 41.1 Å². The van der Waals surface area contributed by atoms with Crippen molar-refractivity contribution in [1.29, 1.82) is 0 Å². The van der Waals surface area contributed by atoms with Crippen molar-refractivity contribution in [2.75, 3.05) is 5.75 Å². The first kappa shape index (κ1) is 13.0. The molecular weight excluding hydrogens is 316 g/mol. The third-order valence-corrected chi connectivity index (χ3v) is 4.69. The monoisotopic (exact) mass is 326 g/mol. The number of hydrogen-bond acceptors (Lipinski definition) is 1. The Bertz CT molecular complexity index is 525. The van der Waals surface area contributed by atoms with Crippen molar-refractivity contribution < 1.29 is 0 Å². The summed E-state index contributed by atoms with van der Waals surface area (Å²) in [6, 6.07) is 14.2. The van der Waals surface area contributed by atoms with Crippen LogP contribution in [0, 0.1) is 0 Å². The van der Waals surface area contributed by atoms with E-state index in [1.54, 1.807) is 0 Å². The van der Waals surface area contributed by atoms with Crippen molar-refractivity contribution in [1.82, 2.24) is 0 Å². The molecule has 0 N–H and O–H groups in total. The second-order valence-electron chi connectivity index (χ2n) is 3.53. The van der Waals surface area contributed by atoms with Gasteiger partial charge < -0.3 is 0 Å². The Balaban J connectivity index is 2.59. The fourth-order valence-corrected chi connectivity index (χ4v) is 3.47. The molecule has 0 bridgehead atoms. The van der Waals surface area contributed by atoms with Crippen LogP contribution in [-0.2, 0) is 0 Å². The molecule has 0 saturated carbocycles. The van der Waals surface area contributed by atoms with Gasteiger partial charge in [0.1, 0.15) is 0 Å². The normalized spacial score (nSPS) is 10.5. The summed E-state index contributed by atoms with van der Waals surface area (Å²) < 4.78 is 1.13. The molecule has 2 aromatic rings. The van der Waals surface area contributed by atoms with E-state index in [-0.39, 0.29) is 0 Å². The molecule has 0 saturated heterocycles. The van der Waals surface area contributed by atoms with Crippen LogP contribution in [0.5, 0.6) is 0 Å². The highest BCUT2D eigenvalue weighted by molar-refractivity contribution is 9.10. The second kappa shape index (κ2) is 5.94. The molecule has 0 amide bonds. The fourth-order valence-electron chi connectivity index (χ4n) is 1.69. The summed E-state index contributed by atoms with van der Waals surface area (Å²) in [7, 11) is 0. The highest BCUT2D eigenvalue weighted by Gasteiger charge is 2.10. The highest BCUT2D eigenvalue weighted by Crippen LogP contribution is 2.39. The van der Waals surface area contributed by atoms with Gasteiger partial charge in [-0.25, -0.2) is 0 Å². The van der Waals surface area contributed by atoms with Crippen molar-refractivity contribution in [3.63, 3.8) is 0 Å². The van der Waals surface area contributed by atoms with Gasteiger partial charge in [0.25, 0.3) is 0 Å². The van der Waals surface area contributed by atoms with Crippen LogP contribution in [0.4, 0.5) is 0 Å². The van der Waals surface area contributed by atoms with Crippen molar-refractivity contribution >= 4 is 39.3 Å². The van der Waals surface area contributed by atoms with Gasteiger partial charge in [-0.1, -0.05) is 48.9 Å². The molecule has 0 radical (unpaired) electrons. The standard InChI is InChI=1S/C14H12BrClS/c1-2-17-14-11(7-5-8-12(14)15)10-6-3-4-9-13(10)16/h3-9H,2H2,1H3. The zero-order valence-electron chi connectivity index (χ0n) is 9.41. The lowest BCUT2D eigenvalue weighted by Crippen LogP contribution is -1.85. The lowest BCUT2D eigenvalue weighted by Gasteiger charge is -2.11. The predicted molar refractivity (Wildman–Crippen MR) is 81.0 cm³/mol.